The summed E-state index contributed by atoms with van der Waals surface area (Å²) in [6.45, 7) is -0.255. The molecule has 33 heavy (non-hydrogen) atoms. The second kappa shape index (κ2) is 8.08. The third-order valence-corrected chi connectivity index (χ3v) is 4.56. The number of rotatable bonds is 7. The van der Waals surface area contributed by atoms with Crippen molar-refractivity contribution in [1.29, 1.82) is 0 Å². The van der Waals surface area contributed by atoms with Crippen LogP contribution in [0.15, 0.2) is 24.3 Å². The van der Waals surface area contributed by atoms with Crippen molar-refractivity contribution in [2.24, 2.45) is 5.92 Å². The Bertz CT molecular complexity index is 838. The minimum absolute atomic E-state index is 0.0973. The molecule has 0 heterocycles. The van der Waals surface area contributed by atoms with Gasteiger partial charge in [-0.05, 0) is 17.7 Å². The zero-order valence-electron chi connectivity index (χ0n) is 15.5. The molecule has 2 atom stereocenters. The number of alkyl halides is 16. The molecule has 0 aromatic heterocycles. The summed E-state index contributed by atoms with van der Waals surface area (Å²) in [6.07, 6.45) is -16.0. The molecule has 192 valence electrons. The number of halogens is 16. The maximum atomic E-state index is 14.1. The first-order valence-electron chi connectivity index (χ1n) is 8.09. The minimum Gasteiger partial charge on any atom is -0.388 e. The molecule has 0 saturated heterocycles. The number of hydrogen-bond acceptors (Lipinski definition) is 1. The molecule has 1 aromatic rings. The van der Waals surface area contributed by atoms with Crippen molar-refractivity contribution in [1.82, 2.24) is 0 Å². The SMILES string of the molecule is CC(C(O)c1cccc(C(F)(F)F)c1)C(F)(F)C(F)(F)C(F)(F)C(F)(F)C(F)(F)C(F)(F)F. The van der Waals surface area contributed by atoms with Crippen molar-refractivity contribution in [3.63, 3.8) is 0 Å². The number of aliphatic hydroxyl groups is 1. The second-order valence-electron chi connectivity index (χ2n) is 6.78. The van der Waals surface area contributed by atoms with Crippen LogP contribution in [0, 0.1) is 5.92 Å². The quantitative estimate of drug-likeness (QED) is 0.379. The molecule has 2 unspecified atom stereocenters. The van der Waals surface area contributed by atoms with Gasteiger partial charge >= 0.3 is 42.0 Å². The van der Waals surface area contributed by atoms with E-state index >= 15 is 0 Å². The van der Waals surface area contributed by atoms with Crippen LogP contribution in [0.1, 0.15) is 24.2 Å². The standard InChI is InChI=1S/C16H10F16O/c1-6(9(33)7-3-2-4-8(5-7)11(19,20)21)10(17,18)12(22,23)13(24,25)14(26,27)15(28,29)16(30,31)32/h2-6,9,33H,1H3. The third-order valence-electron chi connectivity index (χ3n) is 4.56. The van der Waals surface area contributed by atoms with Gasteiger partial charge in [-0.25, -0.2) is 0 Å². The van der Waals surface area contributed by atoms with Crippen LogP contribution in [0.3, 0.4) is 0 Å². The molecular weight excluding hydrogens is 512 g/mol. The average molecular weight is 522 g/mol. The molecule has 1 rings (SSSR count). The van der Waals surface area contributed by atoms with Gasteiger partial charge in [-0.2, -0.15) is 70.2 Å². The van der Waals surface area contributed by atoms with Crippen LogP contribution in [0.25, 0.3) is 0 Å². The molecule has 0 aliphatic heterocycles. The molecule has 1 aromatic carbocycles. The van der Waals surface area contributed by atoms with E-state index in [-0.39, 0.29) is 13.0 Å². The van der Waals surface area contributed by atoms with Crippen molar-refractivity contribution >= 4 is 0 Å². The smallest absolute Gasteiger partial charge is 0.388 e. The summed E-state index contributed by atoms with van der Waals surface area (Å²) in [4.78, 5) is 0. The Kier molecular flexibility index (Phi) is 7.12. The van der Waals surface area contributed by atoms with E-state index in [4.69, 9.17) is 0 Å². The molecule has 0 aliphatic carbocycles. The van der Waals surface area contributed by atoms with Crippen LogP contribution >= 0.6 is 0 Å². The largest absolute Gasteiger partial charge is 0.460 e. The topological polar surface area (TPSA) is 20.2 Å². The zero-order valence-corrected chi connectivity index (χ0v) is 15.5. The predicted molar refractivity (Wildman–Crippen MR) is 76.4 cm³/mol. The Hall–Kier alpha value is -1.94. The van der Waals surface area contributed by atoms with Gasteiger partial charge in [0, 0.05) is 0 Å². The van der Waals surface area contributed by atoms with Gasteiger partial charge in [0.2, 0.25) is 0 Å². The van der Waals surface area contributed by atoms with E-state index < -0.39 is 65.1 Å². The van der Waals surface area contributed by atoms with E-state index in [1.807, 2.05) is 0 Å². The third kappa shape index (κ3) is 4.43. The van der Waals surface area contributed by atoms with Gasteiger partial charge in [-0.15, -0.1) is 0 Å². The van der Waals surface area contributed by atoms with Crippen molar-refractivity contribution in [3.05, 3.63) is 35.4 Å². The highest BCUT2D eigenvalue weighted by Crippen LogP contribution is 2.62. The summed E-state index contributed by atoms with van der Waals surface area (Å²) < 4.78 is 209. The fourth-order valence-corrected chi connectivity index (χ4v) is 2.45. The van der Waals surface area contributed by atoms with E-state index in [1.165, 1.54) is 0 Å². The lowest BCUT2D eigenvalue weighted by molar-refractivity contribution is -0.444. The van der Waals surface area contributed by atoms with Gasteiger partial charge in [-0.1, -0.05) is 19.1 Å². The van der Waals surface area contributed by atoms with Crippen LogP contribution in [-0.2, 0) is 6.18 Å². The molecule has 0 saturated carbocycles. The highest BCUT2D eigenvalue weighted by atomic mass is 19.4. The molecule has 0 bridgehead atoms. The molecule has 0 amide bonds. The van der Waals surface area contributed by atoms with E-state index in [0.717, 1.165) is 0 Å². The lowest BCUT2D eigenvalue weighted by atomic mass is 9.83. The van der Waals surface area contributed by atoms with E-state index in [9.17, 15) is 75.4 Å². The summed E-state index contributed by atoms with van der Waals surface area (Å²) in [5, 5.41) is 9.69. The number of benzene rings is 1. The highest BCUT2D eigenvalue weighted by Gasteiger charge is 2.91. The maximum Gasteiger partial charge on any atom is 0.460 e. The monoisotopic (exact) mass is 522 g/mol. The summed E-state index contributed by atoms with van der Waals surface area (Å²) in [7, 11) is 0. The molecule has 1 N–H and O–H groups in total. The van der Waals surface area contributed by atoms with Crippen LogP contribution in [0.4, 0.5) is 70.2 Å². The van der Waals surface area contributed by atoms with Crippen molar-refractivity contribution in [3.8, 4) is 0 Å². The average Bonchev–Trinajstić information content (AvgIpc) is 2.64. The molecule has 1 nitrogen and oxygen atoms in total. The fraction of sp³-hybridized carbons (Fsp3) is 0.625. The molecule has 0 spiro atoms. The Morgan fingerprint density at radius 2 is 1.06 bits per heavy atom. The van der Waals surface area contributed by atoms with Crippen LogP contribution in [-0.4, -0.2) is 40.9 Å². The molecule has 0 fully saturated rings. The van der Waals surface area contributed by atoms with Gasteiger partial charge in [0.25, 0.3) is 0 Å². The number of hydrogen-bond donors (Lipinski definition) is 1. The second-order valence-corrected chi connectivity index (χ2v) is 6.78. The maximum absolute atomic E-state index is 14.1. The lowest BCUT2D eigenvalue weighted by Gasteiger charge is -2.42. The molecule has 17 heteroatoms. The van der Waals surface area contributed by atoms with Gasteiger partial charge in [-0.3, -0.25) is 0 Å². The summed E-state index contributed by atoms with van der Waals surface area (Å²) in [5.41, 5.74) is -2.91. The summed E-state index contributed by atoms with van der Waals surface area (Å²) in [5.74, 6) is -42.1. The first-order valence-corrected chi connectivity index (χ1v) is 8.09. The van der Waals surface area contributed by atoms with Gasteiger partial charge in [0.05, 0.1) is 17.6 Å². The van der Waals surface area contributed by atoms with E-state index in [1.54, 1.807) is 0 Å². The van der Waals surface area contributed by atoms with Gasteiger partial charge < -0.3 is 5.11 Å². The van der Waals surface area contributed by atoms with Crippen molar-refractivity contribution in [2.75, 3.05) is 0 Å². The molecule has 0 radical (unpaired) electrons. The highest BCUT2D eigenvalue weighted by molar-refractivity contribution is 5.28. The van der Waals surface area contributed by atoms with E-state index in [2.05, 4.69) is 0 Å². The fourth-order valence-electron chi connectivity index (χ4n) is 2.45. The minimum atomic E-state index is -8.12. The van der Waals surface area contributed by atoms with Crippen molar-refractivity contribution < 1.29 is 75.4 Å². The number of aliphatic hydroxyl groups excluding tert-OH is 1. The Balaban J connectivity index is 3.50. The Morgan fingerprint density at radius 1 is 0.636 bits per heavy atom. The Morgan fingerprint density at radius 3 is 1.45 bits per heavy atom. The first-order chi connectivity index (χ1) is 14.3. The summed E-state index contributed by atoms with van der Waals surface area (Å²) in [6, 6.07) is 1.08. The van der Waals surface area contributed by atoms with Gasteiger partial charge in [0.15, 0.2) is 0 Å². The predicted octanol–water partition coefficient (Wildman–Crippen LogP) is 7.11. The van der Waals surface area contributed by atoms with Crippen molar-refractivity contribution in [2.45, 2.75) is 55.0 Å². The van der Waals surface area contributed by atoms with E-state index in [0.29, 0.717) is 18.2 Å². The molecular formula is C16H10F16O. The first kappa shape index (κ1) is 29.1. The van der Waals surface area contributed by atoms with Crippen LogP contribution < -0.4 is 0 Å². The Labute approximate surface area is 173 Å². The lowest BCUT2D eigenvalue weighted by Crippen LogP contribution is -2.71. The van der Waals surface area contributed by atoms with Crippen LogP contribution in [0.5, 0.6) is 0 Å². The normalized spacial score (nSPS) is 17.2. The summed E-state index contributed by atoms with van der Waals surface area (Å²) >= 11 is 0. The van der Waals surface area contributed by atoms with Crippen LogP contribution in [0.2, 0.25) is 0 Å². The van der Waals surface area contributed by atoms with Gasteiger partial charge in [0.1, 0.15) is 0 Å². The molecule has 0 aliphatic rings. The zero-order chi connectivity index (χ0) is 26.6.